The van der Waals surface area contributed by atoms with Crippen LogP contribution in [0.1, 0.15) is 0 Å². The Bertz CT molecular complexity index is 4600. The minimum absolute atomic E-state index is 0. The molecular weight excluding hydrogens is 2040 g/mol. The Kier molecular flexibility index (Phi) is 41.0. The number of carbonyl (C=O) groups excluding carboxylic acids is 4. The van der Waals surface area contributed by atoms with Gasteiger partial charge < -0.3 is 32.9 Å². The van der Waals surface area contributed by atoms with Crippen LogP contribution in [-0.2, 0) is 98.1 Å². The van der Waals surface area contributed by atoms with Crippen molar-refractivity contribution < 1.29 is 98.1 Å². The normalized spacial score (nSPS) is 10.5. The van der Waals surface area contributed by atoms with E-state index < -0.39 is 60.3 Å². The number of hydrogen-bond acceptors (Lipinski definition) is 9. The molecule has 0 atom stereocenters. The average molecular weight is 2110 g/mol. The second kappa shape index (κ2) is 49.8. The van der Waals surface area contributed by atoms with E-state index in [2.05, 4.69) is 96.2 Å². The molecule has 19 heteroatoms. The van der Waals surface area contributed by atoms with E-state index in [4.69, 9.17) is 19.2 Å². The summed E-state index contributed by atoms with van der Waals surface area (Å²) in [4.78, 5) is 31.0. The van der Waals surface area contributed by atoms with E-state index in [1.807, 2.05) is 400 Å². The standard InChI is InChI=1S/5C18H14OP.4CHO.2BrH.Hg.Mn.Pt/c5*19-20(16-10-4-1-5-11-16,17-12-6-2-7-13-17)18-14-8-3-9-15-18;4*1-2;;;;;/h5*1-14H;4*1H;2*1H;;;/q;;7*-1;;;;;+4/p-2. The average Bonchev–Trinajstić information content (AvgIpc) is 0.764. The van der Waals surface area contributed by atoms with Gasteiger partial charge >= 0.3 is 297 Å². The van der Waals surface area contributed by atoms with Crippen LogP contribution in [0.25, 0.3) is 0 Å². The third-order valence-corrected chi connectivity index (χ3v) is 42.8. The van der Waals surface area contributed by atoms with Crippen molar-refractivity contribution in [3.05, 3.63) is 443 Å². The van der Waals surface area contributed by atoms with Crippen LogP contribution in [-0.4, -0.2) is 27.2 Å². The van der Waals surface area contributed by atoms with Crippen LogP contribution in [0.3, 0.4) is 0 Å². The van der Waals surface area contributed by atoms with Gasteiger partial charge in [0.1, 0.15) is 21.4 Å². The maximum atomic E-state index is 15.3. The van der Waals surface area contributed by atoms with Gasteiger partial charge in [-0.1, -0.05) is 198 Å². The maximum absolute atomic E-state index is 15.3. The molecule has 0 heterocycles. The molecule has 0 saturated heterocycles. The molecule has 0 aliphatic heterocycles. The molecule has 0 bridgehead atoms. The summed E-state index contributed by atoms with van der Waals surface area (Å²) >= 11 is 4.31. The van der Waals surface area contributed by atoms with E-state index in [0.717, 1.165) is 79.6 Å². The quantitative estimate of drug-likeness (QED) is 0.0375. The Balaban J connectivity index is 0.000000236. The van der Waals surface area contributed by atoms with Gasteiger partial charge in [0, 0.05) is 48.9 Å². The van der Waals surface area contributed by atoms with Crippen LogP contribution >= 0.6 is 62.3 Å². The topological polar surface area (TPSA) is 154 Å². The second-order valence-electron chi connectivity index (χ2n) is 23.6. The van der Waals surface area contributed by atoms with Gasteiger partial charge in [-0.3, -0.25) is 27.2 Å². The molecule has 0 saturated carbocycles. The Morgan fingerprint density at radius 3 is 0.513 bits per heavy atom. The zero-order valence-electron chi connectivity index (χ0n) is 60.8. The van der Waals surface area contributed by atoms with Gasteiger partial charge in [0.15, 0.2) is 0 Å². The minimum atomic E-state index is -3.14. The van der Waals surface area contributed by atoms with Crippen LogP contribution in [0.2, 0.25) is 0 Å². The van der Waals surface area contributed by atoms with Crippen molar-refractivity contribution in [2.45, 2.75) is 0 Å². The number of halogens is 2. The molecule has 0 N–H and O–H groups in total. The predicted molar refractivity (Wildman–Crippen MR) is 470 cm³/mol. The molecule has 0 fully saturated rings. The zero-order chi connectivity index (χ0) is 80.3. The number of hydrogen-bond donors (Lipinski definition) is 0. The van der Waals surface area contributed by atoms with Crippen LogP contribution in [0.15, 0.2) is 425 Å². The summed E-state index contributed by atoms with van der Waals surface area (Å²) in [5.41, 5.74) is 0. The summed E-state index contributed by atoms with van der Waals surface area (Å²) in [5, 5.41) is 12.4. The molecular formula is C94H74Br2HgMnO9P5Pt-5. The van der Waals surface area contributed by atoms with E-state index in [1.165, 1.54) is 6.14 Å². The summed E-state index contributed by atoms with van der Waals surface area (Å²) in [7, 11) is -14.8. The molecule has 0 spiro atoms. The largest absolute Gasteiger partial charge is 0.545 e. The van der Waals surface area contributed by atoms with Gasteiger partial charge in [-0.15, -0.1) is 0 Å². The van der Waals surface area contributed by atoms with Crippen molar-refractivity contribution in [1.29, 1.82) is 0 Å². The maximum Gasteiger partial charge on any atom is 0 e. The van der Waals surface area contributed by atoms with E-state index >= 15 is 9.13 Å². The molecule has 0 aromatic heterocycles. The van der Waals surface area contributed by atoms with E-state index in [0.29, 0.717) is 0 Å². The Labute approximate surface area is 708 Å². The molecule has 567 valence electrons. The molecule has 9 nitrogen and oxygen atoms in total. The molecule has 15 aromatic rings. The molecule has 0 aliphatic rings. The van der Waals surface area contributed by atoms with Crippen LogP contribution < -0.4 is 85.7 Å². The smallest absolute Gasteiger partial charge is 0 e. The predicted octanol–water partition coefficient (Wildman–Crippen LogP) is 15.0. The van der Waals surface area contributed by atoms with Crippen molar-refractivity contribution >= 4 is 175 Å². The van der Waals surface area contributed by atoms with Gasteiger partial charge in [0.25, 0.3) is 0 Å². The Morgan fingerprint density at radius 2 is 0.354 bits per heavy atom. The SMILES string of the molecule is O=P(c1[c-]cccc1)(c1ccccc1)c1ccccc1.O=P(c1[c-]cccc1)(c1ccccc1)c1ccccc1.O=P(c1[c-]cccc1)(c1ccccc1)c1ccccc1.O=P(c1ccccc1)(c1ccccc1)c1cccc[c]1[Hg][c]1ccccc1P(=O)(c1ccccc1)c1ccccc1.[Br][Pt+2][Br].[CH-]=O.[CH-]=O.[CH-]=O.[CH-]=O.[Mn]. The summed E-state index contributed by atoms with van der Waals surface area (Å²) in [6.07, 6.45) is 0. The number of benzene rings is 15. The van der Waals surface area contributed by atoms with Gasteiger partial charge in [0.05, 0.1) is 0 Å². The van der Waals surface area contributed by atoms with Crippen LogP contribution in [0, 0.1) is 18.2 Å². The van der Waals surface area contributed by atoms with E-state index in [9.17, 15) is 13.7 Å². The molecule has 113 heavy (non-hydrogen) atoms. The molecule has 0 aliphatic carbocycles. The first-order valence-electron chi connectivity index (χ1n) is 34.4. The van der Waals surface area contributed by atoms with E-state index in [-0.39, 0.29) is 31.5 Å². The zero-order valence-corrected chi connectivity index (χ0v) is 77.4. The minimum Gasteiger partial charge on any atom is -0.545 e. The Hall–Kier alpha value is -8.77. The van der Waals surface area contributed by atoms with Crippen LogP contribution in [0.5, 0.6) is 0 Å². The third-order valence-electron chi connectivity index (χ3n) is 17.3. The van der Waals surface area contributed by atoms with Crippen molar-refractivity contribution in [2.75, 3.05) is 0 Å². The monoisotopic (exact) mass is 2110 g/mol. The summed E-state index contributed by atoms with van der Waals surface area (Å²) < 4.78 is 74.4. The van der Waals surface area contributed by atoms with Gasteiger partial charge in [-0.05, 0) is 0 Å². The number of rotatable bonds is 17. The van der Waals surface area contributed by atoms with E-state index in [1.54, 1.807) is 0 Å². The van der Waals surface area contributed by atoms with Crippen molar-refractivity contribution in [1.82, 2.24) is 0 Å². The molecule has 0 amide bonds. The van der Waals surface area contributed by atoms with Crippen LogP contribution in [0.4, 0.5) is 0 Å². The fraction of sp³-hybridized carbons (Fsp3) is 0. The summed E-state index contributed by atoms with van der Waals surface area (Å²) in [5.74, 6) is 0. The fourth-order valence-corrected chi connectivity index (χ4v) is 38.3. The molecule has 0 unspecified atom stereocenters. The Morgan fingerprint density at radius 1 is 0.212 bits per heavy atom. The first-order chi connectivity index (χ1) is 55.0. The van der Waals surface area contributed by atoms with Crippen molar-refractivity contribution in [3.8, 4) is 0 Å². The van der Waals surface area contributed by atoms with Gasteiger partial charge in [-0.25, -0.2) is 0 Å². The summed E-state index contributed by atoms with van der Waals surface area (Å²) in [6, 6.07) is 146. The van der Waals surface area contributed by atoms with Gasteiger partial charge in [-0.2, -0.15) is 91.0 Å². The first-order valence-corrected chi connectivity index (χ1v) is 58.4. The van der Waals surface area contributed by atoms with Gasteiger partial charge in [0.2, 0.25) is 0 Å². The van der Waals surface area contributed by atoms with Crippen molar-refractivity contribution in [2.24, 2.45) is 0 Å². The molecule has 15 rings (SSSR count). The molecule has 15 aromatic carbocycles. The summed E-state index contributed by atoms with van der Waals surface area (Å²) in [6.45, 7) is 13.0. The second-order valence-corrected chi connectivity index (χ2v) is 54.5. The first kappa shape index (κ1) is 93.1. The third kappa shape index (κ3) is 23.7. The molecule has 1 radical (unpaired) electrons. The fourth-order valence-electron chi connectivity index (χ4n) is 12.4. The van der Waals surface area contributed by atoms with Crippen molar-refractivity contribution in [3.63, 3.8) is 0 Å².